The number of nitrogens with zero attached hydrogens (tertiary/aromatic N) is 1. The number of halogens is 1. The number of amides is 2. The third-order valence-corrected chi connectivity index (χ3v) is 5.52. The molecule has 0 bridgehead atoms. The SMILES string of the molecule is COc1ccccc1C(CNC(=O)CNC(=O)Cc1cccc(F)c1)N1CCCCC1. The number of benzene rings is 2. The van der Waals surface area contributed by atoms with Crippen molar-refractivity contribution in [3.05, 3.63) is 65.5 Å². The molecule has 3 rings (SSSR count). The molecule has 31 heavy (non-hydrogen) atoms. The van der Waals surface area contributed by atoms with Gasteiger partial charge in [-0.25, -0.2) is 4.39 Å². The Morgan fingerprint density at radius 1 is 1.03 bits per heavy atom. The van der Waals surface area contributed by atoms with Gasteiger partial charge in [-0.15, -0.1) is 0 Å². The van der Waals surface area contributed by atoms with Gasteiger partial charge in [-0.3, -0.25) is 14.5 Å². The Labute approximate surface area is 182 Å². The maximum atomic E-state index is 13.2. The van der Waals surface area contributed by atoms with Crippen molar-refractivity contribution < 1.29 is 18.7 Å². The number of ether oxygens (including phenoxy) is 1. The molecule has 2 aromatic rings. The van der Waals surface area contributed by atoms with Crippen molar-refractivity contribution >= 4 is 11.8 Å². The lowest BCUT2D eigenvalue weighted by atomic mass is 10.0. The molecule has 1 fully saturated rings. The first-order valence-electron chi connectivity index (χ1n) is 10.7. The zero-order valence-electron chi connectivity index (χ0n) is 17.9. The van der Waals surface area contributed by atoms with Gasteiger partial charge in [0.05, 0.1) is 26.1 Å². The summed E-state index contributed by atoms with van der Waals surface area (Å²) >= 11 is 0. The van der Waals surface area contributed by atoms with Crippen LogP contribution in [0.1, 0.15) is 36.4 Å². The van der Waals surface area contributed by atoms with Crippen molar-refractivity contribution in [1.29, 1.82) is 0 Å². The number of likely N-dealkylation sites (tertiary alicyclic amines) is 1. The van der Waals surface area contributed by atoms with E-state index in [-0.39, 0.29) is 36.6 Å². The summed E-state index contributed by atoms with van der Waals surface area (Å²) in [6, 6.07) is 13.8. The highest BCUT2D eigenvalue weighted by atomic mass is 19.1. The Morgan fingerprint density at radius 2 is 1.81 bits per heavy atom. The Hall–Kier alpha value is -2.93. The summed E-state index contributed by atoms with van der Waals surface area (Å²) in [5.74, 6) is -0.165. The number of rotatable bonds is 9. The van der Waals surface area contributed by atoms with Crippen molar-refractivity contribution in [2.45, 2.75) is 31.7 Å². The van der Waals surface area contributed by atoms with E-state index >= 15 is 0 Å². The average molecular weight is 428 g/mol. The van der Waals surface area contributed by atoms with E-state index in [0.29, 0.717) is 12.1 Å². The summed E-state index contributed by atoms with van der Waals surface area (Å²) < 4.78 is 18.8. The van der Waals surface area contributed by atoms with Crippen LogP contribution < -0.4 is 15.4 Å². The smallest absolute Gasteiger partial charge is 0.239 e. The van der Waals surface area contributed by atoms with Crippen LogP contribution in [0.15, 0.2) is 48.5 Å². The van der Waals surface area contributed by atoms with Crippen LogP contribution in [0.5, 0.6) is 5.75 Å². The number of methoxy groups -OCH3 is 1. The summed E-state index contributed by atoms with van der Waals surface area (Å²) in [7, 11) is 1.65. The van der Waals surface area contributed by atoms with Crippen LogP contribution in [0.2, 0.25) is 0 Å². The van der Waals surface area contributed by atoms with E-state index in [0.717, 1.165) is 37.2 Å². The summed E-state index contributed by atoms with van der Waals surface area (Å²) in [6.07, 6.45) is 3.52. The number of hydrogen-bond acceptors (Lipinski definition) is 4. The zero-order chi connectivity index (χ0) is 22.1. The summed E-state index contributed by atoms with van der Waals surface area (Å²) in [4.78, 5) is 26.9. The van der Waals surface area contributed by atoms with Crippen molar-refractivity contribution in [1.82, 2.24) is 15.5 Å². The first-order chi connectivity index (χ1) is 15.1. The Morgan fingerprint density at radius 3 is 2.55 bits per heavy atom. The molecule has 1 saturated heterocycles. The van der Waals surface area contributed by atoms with Crippen LogP contribution in [-0.2, 0) is 16.0 Å². The van der Waals surface area contributed by atoms with Crippen molar-refractivity contribution in [3.63, 3.8) is 0 Å². The lowest BCUT2D eigenvalue weighted by Gasteiger charge is -2.35. The zero-order valence-corrected chi connectivity index (χ0v) is 17.9. The third kappa shape index (κ3) is 6.79. The van der Waals surface area contributed by atoms with Gasteiger partial charge in [-0.2, -0.15) is 0 Å². The molecule has 2 aromatic carbocycles. The monoisotopic (exact) mass is 427 g/mol. The van der Waals surface area contributed by atoms with Crippen molar-refractivity contribution in [3.8, 4) is 5.75 Å². The molecule has 166 valence electrons. The molecule has 1 heterocycles. The molecule has 0 aromatic heterocycles. The molecule has 1 aliphatic rings. The minimum absolute atomic E-state index is 0.00314. The van der Waals surface area contributed by atoms with Gasteiger partial charge in [0.25, 0.3) is 0 Å². The van der Waals surface area contributed by atoms with E-state index in [1.165, 1.54) is 18.6 Å². The second-order valence-electron chi connectivity index (χ2n) is 7.74. The fraction of sp³-hybridized carbons (Fsp3) is 0.417. The second kappa shape index (κ2) is 11.5. The molecule has 6 nitrogen and oxygen atoms in total. The maximum Gasteiger partial charge on any atom is 0.239 e. The summed E-state index contributed by atoms with van der Waals surface area (Å²) in [5.41, 5.74) is 1.61. The lowest BCUT2D eigenvalue weighted by Crippen LogP contribution is -2.43. The number of carbonyl (C=O) groups is 2. The van der Waals surface area contributed by atoms with Gasteiger partial charge in [-0.05, 0) is 49.7 Å². The van der Waals surface area contributed by atoms with Crippen LogP contribution in [0.4, 0.5) is 4.39 Å². The molecule has 2 amide bonds. The number of carbonyl (C=O) groups excluding carboxylic acids is 2. The van der Waals surface area contributed by atoms with Gasteiger partial charge in [0, 0.05) is 12.1 Å². The molecule has 0 saturated carbocycles. The van der Waals surface area contributed by atoms with Crippen molar-refractivity contribution in [2.24, 2.45) is 0 Å². The van der Waals surface area contributed by atoms with Gasteiger partial charge in [-0.1, -0.05) is 36.8 Å². The van der Waals surface area contributed by atoms with E-state index in [1.54, 1.807) is 19.2 Å². The molecule has 0 radical (unpaired) electrons. The van der Waals surface area contributed by atoms with Gasteiger partial charge in [0.2, 0.25) is 11.8 Å². The van der Waals surface area contributed by atoms with E-state index in [1.807, 2.05) is 24.3 Å². The fourth-order valence-electron chi connectivity index (χ4n) is 3.95. The molecule has 1 aliphatic heterocycles. The van der Waals surface area contributed by atoms with Crippen LogP contribution in [0.3, 0.4) is 0 Å². The minimum Gasteiger partial charge on any atom is -0.496 e. The molecule has 2 N–H and O–H groups in total. The predicted octanol–water partition coefficient (Wildman–Crippen LogP) is 2.84. The highest BCUT2D eigenvalue weighted by Crippen LogP contribution is 2.30. The Kier molecular flexibility index (Phi) is 8.41. The van der Waals surface area contributed by atoms with E-state index < -0.39 is 0 Å². The van der Waals surface area contributed by atoms with Crippen LogP contribution >= 0.6 is 0 Å². The fourth-order valence-corrected chi connectivity index (χ4v) is 3.95. The lowest BCUT2D eigenvalue weighted by molar-refractivity contribution is -0.125. The quantitative estimate of drug-likeness (QED) is 0.646. The highest BCUT2D eigenvalue weighted by molar-refractivity contribution is 5.85. The second-order valence-corrected chi connectivity index (χ2v) is 7.74. The van der Waals surface area contributed by atoms with Gasteiger partial charge in [0.1, 0.15) is 11.6 Å². The van der Waals surface area contributed by atoms with Crippen LogP contribution in [0.25, 0.3) is 0 Å². The first-order valence-corrected chi connectivity index (χ1v) is 10.7. The van der Waals surface area contributed by atoms with E-state index in [4.69, 9.17) is 4.74 Å². The summed E-state index contributed by atoms with van der Waals surface area (Å²) in [5, 5.41) is 5.55. The predicted molar refractivity (Wildman–Crippen MR) is 117 cm³/mol. The van der Waals surface area contributed by atoms with Crippen molar-refractivity contribution in [2.75, 3.05) is 33.3 Å². The number of hydrogen-bond donors (Lipinski definition) is 2. The minimum atomic E-state index is -0.386. The Bertz CT molecular complexity index is 884. The standard InChI is InChI=1S/C24H30FN3O3/c1-31-22-11-4-3-10-20(22)21(28-12-5-2-6-13-28)16-26-24(30)17-27-23(29)15-18-8-7-9-19(25)14-18/h3-4,7-11,14,21H,2,5-6,12-13,15-17H2,1H3,(H,26,30)(H,27,29). The highest BCUT2D eigenvalue weighted by Gasteiger charge is 2.25. The van der Waals surface area contributed by atoms with Crippen LogP contribution in [0, 0.1) is 5.82 Å². The molecule has 1 atom stereocenters. The van der Waals surface area contributed by atoms with Gasteiger partial charge in [0.15, 0.2) is 0 Å². The molecule has 7 heteroatoms. The molecule has 1 unspecified atom stereocenters. The topological polar surface area (TPSA) is 70.7 Å². The molecular formula is C24H30FN3O3. The Balaban J connectivity index is 1.55. The number of nitrogens with one attached hydrogen (secondary N) is 2. The largest absolute Gasteiger partial charge is 0.496 e. The third-order valence-electron chi connectivity index (χ3n) is 5.52. The van der Waals surface area contributed by atoms with E-state index in [2.05, 4.69) is 15.5 Å². The molecular weight excluding hydrogens is 397 g/mol. The normalized spacial score (nSPS) is 15.2. The van der Waals surface area contributed by atoms with Gasteiger partial charge < -0.3 is 15.4 Å². The maximum absolute atomic E-state index is 13.2. The molecule has 0 aliphatic carbocycles. The van der Waals surface area contributed by atoms with E-state index in [9.17, 15) is 14.0 Å². The number of para-hydroxylation sites is 1. The van der Waals surface area contributed by atoms with Crippen LogP contribution in [-0.4, -0.2) is 50.0 Å². The van der Waals surface area contributed by atoms with Gasteiger partial charge >= 0.3 is 0 Å². The average Bonchev–Trinajstić information content (AvgIpc) is 2.79. The molecule has 0 spiro atoms. The summed E-state index contributed by atoms with van der Waals surface area (Å²) in [6.45, 7) is 2.26. The number of piperidine rings is 1. The first kappa shape index (κ1) is 22.7.